The number of aryl methyl sites for hydroxylation is 1. The second kappa shape index (κ2) is 9.69. The second-order valence-electron chi connectivity index (χ2n) is 8.00. The number of carbonyl (C=O) groups excluding carboxylic acids is 1. The van der Waals surface area contributed by atoms with E-state index in [0.717, 1.165) is 12.8 Å². The number of carbonyl (C=O) groups is 1. The molecule has 0 heterocycles. The van der Waals surface area contributed by atoms with E-state index in [0.29, 0.717) is 18.3 Å². The van der Waals surface area contributed by atoms with Crippen molar-refractivity contribution in [3.05, 3.63) is 72.3 Å². The van der Waals surface area contributed by atoms with E-state index in [9.17, 15) is 4.79 Å². The maximum Gasteiger partial charge on any atom is 0.155 e. The lowest BCUT2D eigenvalue weighted by atomic mass is 9.77. The molecule has 0 bridgehead atoms. The Balaban J connectivity index is 1.55. The molecule has 2 aromatic rings. The molecule has 1 saturated carbocycles. The highest BCUT2D eigenvalue weighted by Gasteiger charge is 2.22. The Morgan fingerprint density at radius 2 is 1.56 bits per heavy atom. The normalized spacial score (nSPS) is 19.6. The van der Waals surface area contributed by atoms with Gasteiger partial charge in [0.15, 0.2) is 5.78 Å². The van der Waals surface area contributed by atoms with Crippen molar-refractivity contribution in [1.29, 1.82) is 0 Å². The van der Waals surface area contributed by atoms with Gasteiger partial charge in [-0.1, -0.05) is 68.5 Å². The Hall–Kier alpha value is -2.15. The summed E-state index contributed by atoms with van der Waals surface area (Å²) in [7, 11) is 0. The number of allylic oxidation sites excluding steroid dienone is 1. The number of benzene rings is 2. The summed E-state index contributed by atoms with van der Waals surface area (Å²) in [4.78, 5) is 11.4. The minimum Gasteiger partial charge on any atom is -0.295 e. The molecule has 0 saturated heterocycles. The van der Waals surface area contributed by atoms with E-state index in [2.05, 4.69) is 62.0 Å². The molecule has 1 nitrogen and oxygen atoms in total. The Kier molecular flexibility index (Phi) is 7.04. The van der Waals surface area contributed by atoms with E-state index >= 15 is 0 Å². The van der Waals surface area contributed by atoms with Crippen LogP contribution in [0.5, 0.6) is 0 Å². The quantitative estimate of drug-likeness (QED) is 0.458. The second-order valence-corrected chi connectivity index (χ2v) is 8.00. The third-order valence-electron chi connectivity index (χ3n) is 6.08. The van der Waals surface area contributed by atoms with Crippen molar-refractivity contribution in [3.63, 3.8) is 0 Å². The monoisotopic (exact) mass is 360 g/mol. The van der Waals surface area contributed by atoms with E-state index in [-0.39, 0.29) is 5.78 Å². The van der Waals surface area contributed by atoms with E-state index in [1.165, 1.54) is 60.4 Å². The van der Waals surface area contributed by atoms with Gasteiger partial charge >= 0.3 is 0 Å². The molecule has 3 rings (SSSR count). The third-order valence-corrected chi connectivity index (χ3v) is 6.08. The Bertz CT molecular complexity index is 731. The fraction of sp³-hybridized carbons (Fsp3) is 0.423. The van der Waals surface area contributed by atoms with E-state index in [1.807, 2.05) is 0 Å². The smallest absolute Gasteiger partial charge is 0.155 e. The van der Waals surface area contributed by atoms with Crippen LogP contribution in [-0.2, 0) is 11.2 Å². The molecule has 0 N–H and O–H groups in total. The van der Waals surface area contributed by atoms with E-state index in [4.69, 9.17) is 0 Å². The molecule has 0 spiro atoms. The van der Waals surface area contributed by atoms with Crippen molar-refractivity contribution in [2.45, 2.75) is 64.2 Å². The zero-order valence-electron chi connectivity index (χ0n) is 16.6. The van der Waals surface area contributed by atoms with Crippen LogP contribution in [0.15, 0.2) is 61.2 Å². The van der Waals surface area contributed by atoms with Crippen molar-refractivity contribution in [1.82, 2.24) is 0 Å². The average molecular weight is 361 g/mol. The summed E-state index contributed by atoms with van der Waals surface area (Å²) in [6.45, 7) is 5.79. The number of ketones is 1. The molecule has 27 heavy (non-hydrogen) atoms. The molecule has 0 aromatic heterocycles. The van der Waals surface area contributed by atoms with Crippen molar-refractivity contribution >= 4 is 5.78 Å². The zero-order valence-corrected chi connectivity index (χ0v) is 16.6. The van der Waals surface area contributed by atoms with Gasteiger partial charge in [-0.3, -0.25) is 4.79 Å². The summed E-state index contributed by atoms with van der Waals surface area (Å²) < 4.78 is 0. The molecule has 0 radical (unpaired) electrons. The summed E-state index contributed by atoms with van der Waals surface area (Å²) in [5, 5.41) is 0. The lowest BCUT2D eigenvalue weighted by molar-refractivity contribution is -0.114. The maximum absolute atomic E-state index is 11.4. The Labute approximate surface area is 164 Å². The van der Waals surface area contributed by atoms with Crippen molar-refractivity contribution < 1.29 is 4.79 Å². The fourth-order valence-electron chi connectivity index (χ4n) is 4.33. The van der Waals surface area contributed by atoms with E-state index in [1.54, 1.807) is 0 Å². The van der Waals surface area contributed by atoms with E-state index < -0.39 is 0 Å². The Morgan fingerprint density at radius 3 is 2.11 bits per heavy atom. The zero-order chi connectivity index (χ0) is 19.1. The molecular weight excluding hydrogens is 328 g/mol. The largest absolute Gasteiger partial charge is 0.295 e. The SMILES string of the molecule is C=CC(=O)CCC1CCC(c2ccc(-c3ccc(CCC)cc3)cc2)CC1. The minimum atomic E-state index is 0.190. The molecule has 1 fully saturated rings. The lowest BCUT2D eigenvalue weighted by Crippen LogP contribution is -2.14. The predicted molar refractivity (Wildman–Crippen MR) is 115 cm³/mol. The molecule has 0 aliphatic heterocycles. The van der Waals surface area contributed by atoms with Crippen LogP contribution in [0, 0.1) is 5.92 Å². The lowest BCUT2D eigenvalue weighted by Gasteiger charge is -2.28. The fourth-order valence-corrected chi connectivity index (χ4v) is 4.33. The van der Waals surface area contributed by atoms with Gasteiger partial charge in [0.1, 0.15) is 0 Å². The molecule has 1 heteroatoms. The van der Waals surface area contributed by atoms with Crippen LogP contribution in [0.4, 0.5) is 0 Å². The predicted octanol–water partition coefficient (Wildman–Crippen LogP) is 7.12. The molecule has 1 aliphatic rings. The van der Waals surface area contributed by atoms with Crippen LogP contribution in [0.25, 0.3) is 11.1 Å². The summed E-state index contributed by atoms with van der Waals surface area (Å²) in [5.74, 6) is 1.58. The van der Waals surface area contributed by atoms with Crippen LogP contribution >= 0.6 is 0 Å². The Morgan fingerprint density at radius 1 is 0.963 bits per heavy atom. The van der Waals surface area contributed by atoms with Crippen LogP contribution in [0.3, 0.4) is 0 Å². The highest BCUT2D eigenvalue weighted by molar-refractivity contribution is 5.88. The van der Waals surface area contributed by atoms with Gasteiger partial charge < -0.3 is 0 Å². The van der Waals surface area contributed by atoms with Gasteiger partial charge in [0.25, 0.3) is 0 Å². The first-order chi connectivity index (χ1) is 13.2. The van der Waals surface area contributed by atoms with Gasteiger partial charge in [0.2, 0.25) is 0 Å². The van der Waals surface area contributed by atoms with Crippen molar-refractivity contribution in [2.24, 2.45) is 5.92 Å². The van der Waals surface area contributed by atoms with Gasteiger partial charge in [0, 0.05) is 6.42 Å². The molecule has 0 amide bonds. The van der Waals surface area contributed by atoms with Gasteiger partial charge in [-0.05, 0) is 78.7 Å². The number of hydrogen-bond acceptors (Lipinski definition) is 1. The van der Waals surface area contributed by atoms with Gasteiger partial charge in [-0.15, -0.1) is 0 Å². The standard InChI is InChI=1S/C26H32O/c1-3-5-20-6-11-22(12-7-20)24-15-17-25(18-16-24)23-13-8-21(9-14-23)10-19-26(27)4-2/h4,6-7,11-12,15-18,21,23H,2-3,5,8-10,13-14,19H2,1H3. The first kappa shape index (κ1) is 19.6. The molecule has 0 unspecified atom stereocenters. The van der Waals surface area contributed by atoms with Crippen LogP contribution in [-0.4, -0.2) is 5.78 Å². The molecule has 142 valence electrons. The molecule has 0 atom stereocenters. The van der Waals surface area contributed by atoms with Crippen molar-refractivity contribution in [2.75, 3.05) is 0 Å². The summed E-state index contributed by atoms with van der Waals surface area (Å²) in [6.07, 6.45) is 10.5. The highest BCUT2D eigenvalue weighted by Crippen LogP contribution is 2.38. The van der Waals surface area contributed by atoms with Crippen LogP contribution < -0.4 is 0 Å². The van der Waals surface area contributed by atoms with Crippen LogP contribution in [0.1, 0.15) is 68.9 Å². The summed E-state index contributed by atoms with van der Waals surface area (Å²) in [6, 6.07) is 18.2. The minimum absolute atomic E-state index is 0.190. The topological polar surface area (TPSA) is 17.1 Å². The number of rotatable bonds is 8. The molecular formula is C26H32O. The van der Waals surface area contributed by atoms with Gasteiger partial charge in [-0.25, -0.2) is 0 Å². The van der Waals surface area contributed by atoms with Crippen molar-refractivity contribution in [3.8, 4) is 11.1 Å². The van der Waals surface area contributed by atoms with Gasteiger partial charge in [-0.2, -0.15) is 0 Å². The number of hydrogen-bond donors (Lipinski definition) is 0. The first-order valence-corrected chi connectivity index (χ1v) is 10.5. The maximum atomic E-state index is 11.4. The first-order valence-electron chi connectivity index (χ1n) is 10.5. The summed E-state index contributed by atoms with van der Waals surface area (Å²) >= 11 is 0. The van der Waals surface area contributed by atoms with Gasteiger partial charge in [0.05, 0.1) is 0 Å². The molecule has 1 aliphatic carbocycles. The third kappa shape index (κ3) is 5.42. The molecule has 2 aromatic carbocycles. The summed E-state index contributed by atoms with van der Waals surface area (Å²) in [5.41, 5.74) is 5.50. The average Bonchev–Trinajstić information content (AvgIpc) is 2.73. The highest BCUT2D eigenvalue weighted by atomic mass is 16.1. The van der Waals surface area contributed by atoms with Crippen LogP contribution in [0.2, 0.25) is 0 Å².